The smallest absolute Gasteiger partial charge is 0.159 e. The lowest BCUT2D eigenvalue weighted by Crippen LogP contribution is -2.11. The summed E-state index contributed by atoms with van der Waals surface area (Å²) in [6, 6.07) is 4.04. The number of ether oxygens (including phenoxy) is 1. The number of hydrogen-bond acceptors (Lipinski definition) is 6. The van der Waals surface area contributed by atoms with Crippen LogP contribution in [0.4, 0.5) is 15.8 Å². The summed E-state index contributed by atoms with van der Waals surface area (Å²) in [5, 5.41) is 12.6. The van der Waals surface area contributed by atoms with Crippen molar-refractivity contribution in [1.29, 1.82) is 5.26 Å². The van der Waals surface area contributed by atoms with Gasteiger partial charge in [-0.2, -0.15) is 5.26 Å². The van der Waals surface area contributed by atoms with Gasteiger partial charge in [0, 0.05) is 44.5 Å². The summed E-state index contributed by atoms with van der Waals surface area (Å²) < 4.78 is 85.1. The number of ketones is 1. The molecular formula is C26H27FN4O2. The number of anilines is 2. The van der Waals surface area contributed by atoms with Crippen LogP contribution in [0.15, 0.2) is 48.6 Å². The molecule has 0 aliphatic rings. The largest absolute Gasteiger partial charge is 0.494 e. The number of carbonyl (C=O) groups is 1. The van der Waals surface area contributed by atoms with Crippen LogP contribution < -0.4 is 10.1 Å². The van der Waals surface area contributed by atoms with Crippen molar-refractivity contribution in [2.75, 3.05) is 32.5 Å². The van der Waals surface area contributed by atoms with Crippen LogP contribution >= 0.6 is 0 Å². The summed E-state index contributed by atoms with van der Waals surface area (Å²) in [7, 11) is 2.83. The van der Waals surface area contributed by atoms with E-state index >= 15 is 0 Å². The third kappa shape index (κ3) is 5.93. The first kappa shape index (κ1) is 15.1. The summed E-state index contributed by atoms with van der Waals surface area (Å²) in [6.45, 7) is -1.97. The van der Waals surface area contributed by atoms with Crippen molar-refractivity contribution in [3.63, 3.8) is 0 Å². The number of rotatable bonds is 9. The second kappa shape index (κ2) is 10.7. The van der Waals surface area contributed by atoms with E-state index < -0.39 is 61.1 Å². The Kier molecular flexibility index (Phi) is 4.91. The van der Waals surface area contributed by atoms with E-state index in [1.807, 2.05) is 6.07 Å². The Labute approximate surface area is 204 Å². The Morgan fingerprint density at radius 3 is 2.91 bits per heavy atom. The molecular weight excluding hydrogens is 419 g/mol. The van der Waals surface area contributed by atoms with E-state index in [4.69, 9.17) is 15.7 Å². The molecule has 0 fully saturated rings. The van der Waals surface area contributed by atoms with Crippen LogP contribution in [0, 0.1) is 24.1 Å². The normalized spacial score (nSPS) is 15.8. The van der Waals surface area contributed by atoms with Crippen LogP contribution in [0.25, 0.3) is 10.9 Å². The maximum Gasteiger partial charge on any atom is 0.159 e. The number of nitrogens with one attached hydrogen (secondary N) is 1. The number of halogens is 1. The second-order valence-electron chi connectivity index (χ2n) is 7.17. The van der Waals surface area contributed by atoms with E-state index in [-0.39, 0.29) is 33.3 Å². The van der Waals surface area contributed by atoms with Crippen LogP contribution in [0.1, 0.15) is 34.6 Å². The number of likely N-dealkylation sites (N-methyl/N-ethyl adjacent to an activating group) is 1. The van der Waals surface area contributed by atoms with Gasteiger partial charge < -0.3 is 15.0 Å². The van der Waals surface area contributed by atoms with Crippen molar-refractivity contribution in [2.45, 2.75) is 20.3 Å². The molecule has 1 N–H and O–H groups in total. The number of aryl methyl sites for hydroxylation is 1. The van der Waals surface area contributed by atoms with Crippen molar-refractivity contribution in [2.24, 2.45) is 0 Å². The molecule has 0 spiro atoms. The first-order chi connectivity index (χ1) is 18.9. The number of pyridine rings is 1. The monoisotopic (exact) mass is 454 g/mol. The molecule has 170 valence electrons. The molecule has 2 aromatic carbocycles. The fourth-order valence-electron chi connectivity index (χ4n) is 2.91. The lowest BCUT2D eigenvalue weighted by Gasteiger charge is -2.15. The Bertz CT molecular complexity index is 1610. The summed E-state index contributed by atoms with van der Waals surface area (Å²) >= 11 is 0. The number of allylic oxidation sites excluding steroid dienone is 1. The highest BCUT2D eigenvalue weighted by molar-refractivity contribution is 5.98. The van der Waals surface area contributed by atoms with Crippen molar-refractivity contribution in [1.82, 2.24) is 9.88 Å². The van der Waals surface area contributed by atoms with Gasteiger partial charge in [-0.05, 0) is 63.8 Å². The maximum absolute atomic E-state index is 13.9. The highest BCUT2D eigenvalue weighted by Crippen LogP contribution is 2.34. The molecule has 0 saturated heterocycles. The molecule has 0 bridgehead atoms. The van der Waals surface area contributed by atoms with Crippen LogP contribution in [-0.2, 0) is 11.2 Å². The highest BCUT2D eigenvalue weighted by atomic mass is 19.1. The number of nitrogens with zero attached hydrogens (tertiary/aromatic N) is 3. The fourth-order valence-corrected chi connectivity index (χ4v) is 2.91. The molecule has 1 heterocycles. The lowest BCUT2D eigenvalue weighted by atomic mass is 10.0. The SMILES string of the molecule is [2H]/C(=C\C([2H])([2H])N(C)C)C(=O)Cc1c(OC([2H])([2H])C)c([2H])c2nc([2H])c(C#N)c(Nc3ccc(F)c(C)c3)c2c1[2H]. The summed E-state index contributed by atoms with van der Waals surface area (Å²) in [4.78, 5) is 18.2. The van der Waals surface area contributed by atoms with Crippen LogP contribution in [0.3, 0.4) is 0 Å². The van der Waals surface area contributed by atoms with E-state index in [0.717, 1.165) is 17.9 Å². The topological polar surface area (TPSA) is 78.2 Å². The van der Waals surface area contributed by atoms with Gasteiger partial charge in [0.15, 0.2) is 5.78 Å². The molecule has 6 nitrogen and oxygen atoms in total. The van der Waals surface area contributed by atoms with Crippen molar-refractivity contribution in [3.8, 4) is 11.8 Å². The first-order valence-electron chi connectivity index (χ1n) is 13.9. The van der Waals surface area contributed by atoms with Crippen molar-refractivity contribution < 1.29 is 24.9 Å². The minimum atomic E-state index is -2.38. The third-order valence-electron chi connectivity index (χ3n) is 4.43. The summed E-state index contributed by atoms with van der Waals surface area (Å²) in [5.41, 5.74) is -0.445. The van der Waals surface area contributed by atoms with Crippen molar-refractivity contribution in [3.05, 3.63) is 71.1 Å². The molecule has 0 aliphatic heterocycles. The molecule has 0 unspecified atom stereocenters. The van der Waals surface area contributed by atoms with Gasteiger partial charge in [-0.3, -0.25) is 9.78 Å². The molecule has 0 amide bonds. The van der Waals surface area contributed by atoms with Gasteiger partial charge in [-0.15, -0.1) is 0 Å². The van der Waals surface area contributed by atoms with Crippen LogP contribution in [0.5, 0.6) is 5.75 Å². The van der Waals surface area contributed by atoms with Gasteiger partial charge in [-0.25, -0.2) is 4.39 Å². The van der Waals surface area contributed by atoms with E-state index in [0.29, 0.717) is 5.69 Å². The van der Waals surface area contributed by atoms with Crippen molar-refractivity contribution >= 4 is 28.1 Å². The van der Waals surface area contributed by atoms with Gasteiger partial charge >= 0.3 is 0 Å². The molecule has 7 heteroatoms. The number of benzene rings is 2. The third-order valence-corrected chi connectivity index (χ3v) is 4.43. The standard InChI is InChI=1S/C26H27FN4O2/c1-5-33-25-14-24-22(13-18(25)12-21(32)7-6-10-31(3)4)26(19(15-28)16-29-24)30-20-8-9-23(27)17(2)11-20/h6-9,11,13-14,16H,5,10,12H2,1-4H3,(H,29,30)/b7-6+/i5D2,7D,10D2,13D,14D,16D. The Hall–Kier alpha value is -3.76. The zero-order valence-electron chi connectivity index (χ0n) is 26.6. The van der Waals surface area contributed by atoms with Gasteiger partial charge in [0.05, 0.1) is 31.6 Å². The Morgan fingerprint density at radius 1 is 1.45 bits per heavy atom. The van der Waals surface area contributed by atoms with E-state index in [2.05, 4.69) is 10.3 Å². The fraction of sp³-hybridized carbons (Fsp3) is 0.269. The van der Waals surface area contributed by atoms with Gasteiger partial charge in [0.2, 0.25) is 0 Å². The molecule has 0 saturated carbocycles. The number of hydrogen-bond donors (Lipinski definition) is 1. The average molecular weight is 455 g/mol. The number of aromatic nitrogens is 1. The van der Waals surface area contributed by atoms with E-state index in [1.54, 1.807) is 0 Å². The van der Waals surface area contributed by atoms with Gasteiger partial charge in [0.25, 0.3) is 0 Å². The lowest BCUT2D eigenvalue weighted by molar-refractivity contribution is -0.114. The Balaban J connectivity index is 2.36. The number of fused-ring (bicyclic) bond motifs is 1. The van der Waals surface area contributed by atoms with E-state index in [9.17, 15) is 14.4 Å². The summed E-state index contributed by atoms with van der Waals surface area (Å²) in [6.07, 6.45) is -0.511. The predicted molar refractivity (Wildman–Crippen MR) is 128 cm³/mol. The van der Waals surface area contributed by atoms with Crippen LogP contribution in [0.2, 0.25) is 0 Å². The minimum absolute atomic E-state index is 0.114. The quantitative estimate of drug-likeness (QED) is 0.462. The molecule has 0 radical (unpaired) electrons. The molecule has 33 heavy (non-hydrogen) atoms. The zero-order valence-corrected chi connectivity index (χ0v) is 18.6. The molecule has 3 rings (SSSR count). The molecule has 0 aliphatic carbocycles. The van der Waals surface area contributed by atoms with E-state index in [1.165, 1.54) is 39.2 Å². The van der Waals surface area contributed by atoms with Crippen LogP contribution in [-0.4, -0.2) is 42.8 Å². The Morgan fingerprint density at radius 2 is 2.24 bits per heavy atom. The van der Waals surface area contributed by atoms with Gasteiger partial charge in [-0.1, -0.05) is 6.08 Å². The second-order valence-corrected chi connectivity index (χ2v) is 7.17. The maximum atomic E-state index is 13.9. The molecule has 0 atom stereocenters. The molecule has 3 aromatic rings. The number of nitriles is 1. The predicted octanol–water partition coefficient (Wildman–Crippen LogP) is 4.93. The first-order valence-corrected chi connectivity index (χ1v) is 9.86. The summed E-state index contributed by atoms with van der Waals surface area (Å²) in [5.74, 6) is -1.95. The van der Waals surface area contributed by atoms with Gasteiger partial charge in [0.1, 0.15) is 17.6 Å². The average Bonchev–Trinajstić information content (AvgIpc) is 2.85. The zero-order chi connectivity index (χ0) is 31.0. The minimum Gasteiger partial charge on any atom is -0.494 e. The molecule has 1 aromatic heterocycles. The highest BCUT2D eigenvalue weighted by Gasteiger charge is 2.16. The number of carbonyl (C=O) groups excluding carboxylic acids is 1.